The van der Waals surface area contributed by atoms with Crippen LogP contribution in [0.1, 0.15) is 18.9 Å². The molecule has 29 heavy (non-hydrogen) atoms. The molecule has 0 fully saturated rings. The maximum Gasteiger partial charge on any atom is 0.329 e. The van der Waals surface area contributed by atoms with Gasteiger partial charge in [-0.25, -0.2) is 4.79 Å². The number of carbonyl (C=O) groups is 1. The highest BCUT2D eigenvalue weighted by atomic mass is 16.6. The number of nitrogens with zero attached hydrogens (tertiary/aromatic N) is 1. The van der Waals surface area contributed by atoms with E-state index in [9.17, 15) is 4.79 Å². The molecule has 0 N–H and O–H groups in total. The van der Waals surface area contributed by atoms with Gasteiger partial charge in [-0.1, -0.05) is 0 Å². The topological polar surface area (TPSA) is 75.7 Å². The number of ether oxygens (including phenoxy) is 6. The molecule has 166 valence electrons. The largest absolute Gasteiger partial charge is 0.493 e. The van der Waals surface area contributed by atoms with Crippen LogP contribution in [0.15, 0.2) is 12.1 Å². The van der Waals surface area contributed by atoms with Gasteiger partial charge in [0.25, 0.3) is 0 Å². The van der Waals surface area contributed by atoms with E-state index in [4.69, 9.17) is 28.4 Å². The van der Waals surface area contributed by atoms with Crippen molar-refractivity contribution in [2.45, 2.75) is 26.3 Å². The third kappa shape index (κ3) is 8.18. The summed E-state index contributed by atoms with van der Waals surface area (Å²) in [6.45, 7) is 6.95. The highest BCUT2D eigenvalue weighted by Crippen LogP contribution is 2.38. The van der Waals surface area contributed by atoms with Gasteiger partial charge in [0.1, 0.15) is 6.04 Å². The molecule has 0 aliphatic carbocycles. The van der Waals surface area contributed by atoms with Gasteiger partial charge < -0.3 is 28.4 Å². The first-order valence-corrected chi connectivity index (χ1v) is 9.76. The number of benzene rings is 1. The SMILES string of the molecule is CCOCCC(C(=O)Oc1c(OC)cc(C)cc1OC)N(CCOC)CCOC. The van der Waals surface area contributed by atoms with Crippen LogP contribution in [0.3, 0.4) is 0 Å². The van der Waals surface area contributed by atoms with Crippen LogP contribution in [0.25, 0.3) is 0 Å². The lowest BCUT2D eigenvalue weighted by molar-refractivity contribution is -0.142. The minimum Gasteiger partial charge on any atom is -0.493 e. The number of aryl methyl sites for hydroxylation is 1. The Kier molecular flexibility index (Phi) is 12.3. The van der Waals surface area contributed by atoms with Gasteiger partial charge in [-0.15, -0.1) is 0 Å². The van der Waals surface area contributed by atoms with E-state index in [2.05, 4.69) is 0 Å². The molecule has 1 unspecified atom stereocenters. The smallest absolute Gasteiger partial charge is 0.329 e. The van der Waals surface area contributed by atoms with Gasteiger partial charge in [0.05, 0.1) is 27.4 Å². The van der Waals surface area contributed by atoms with Crippen molar-refractivity contribution in [3.63, 3.8) is 0 Å². The van der Waals surface area contributed by atoms with Gasteiger partial charge in [-0.2, -0.15) is 0 Å². The predicted octanol–water partition coefficient (Wildman–Crippen LogP) is 2.31. The minimum absolute atomic E-state index is 0.269. The number of hydrogen-bond donors (Lipinski definition) is 0. The average Bonchev–Trinajstić information content (AvgIpc) is 2.72. The van der Waals surface area contributed by atoms with Crippen molar-refractivity contribution >= 4 is 5.97 Å². The summed E-state index contributed by atoms with van der Waals surface area (Å²) in [5, 5.41) is 0. The second kappa shape index (κ2) is 14.2. The first-order chi connectivity index (χ1) is 14.0. The van der Waals surface area contributed by atoms with Crippen molar-refractivity contribution < 1.29 is 33.2 Å². The zero-order valence-corrected chi connectivity index (χ0v) is 18.5. The normalized spacial score (nSPS) is 12.1. The Morgan fingerprint density at radius 3 is 1.97 bits per heavy atom. The lowest BCUT2D eigenvalue weighted by Crippen LogP contribution is -2.47. The second-order valence-corrected chi connectivity index (χ2v) is 6.44. The van der Waals surface area contributed by atoms with Crippen LogP contribution in [0.4, 0.5) is 0 Å². The molecule has 0 bridgehead atoms. The molecule has 0 aliphatic heterocycles. The second-order valence-electron chi connectivity index (χ2n) is 6.44. The van der Waals surface area contributed by atoms with E-state index in [1.807, 2.05) is 18.7 Å². The van der Waals surface area contributed by atoms with E-state index < -0.39 is 12.0 Å². The maximum atomic E-state index is 13.2. The van der Waals surface area contributed by atoms with Crippen LogP contribution in [0, 0.1) is 6.92 Å². The summed E-state index contributed by atoms with van der Waals surface area (Å²) in [6, 6.07) is 3.07. The van der Waals surface area contributed by atoms with E-state index in [0.717, 1.165) is 5.56 Å². The van der Waals surface area contributed by atoms with E-state index >= 15 is 0 Å². The van der Waals surface area contributed by atoms with Gasteiger partial charge >= 0.3 is 5.97 Å². The number of hydrogen-bond acceptors (Lipinski definition) is 8. The number of methoxy groups -OCH3 is 4. The van der Waals surface area contributed by atoms with Gasteiger partial charge in [-0.05, 0) is 38.0 Å². The van der Waals surface area contributed by atoms with Crippen molar-refractivity contribution in [3.8, 4) is 17.2 Å². The summed E-state index contributed by atoms with van der Waals surface area (Å²) >= 11 is 0. The molecule has 1 aromatic carbocycles. The highest BCUT2D eigenvalue weighted by Gasteiger charge is 2.29. The standard InChI is InChI=1S/C21H35NO7/c1-7-28-11-8-17(22(9-12-24-3)10-13-25-4)21(23)29-20-18(26-5)14-16(2)15-19(20)27-6/h14-15,17H,7-13H2,1-6H3. The fourth-order valence-corrected chi connectivity index (χ4v) is 2.91. The zero-order valence-electron chi connectivity index (χ0n) is 18.5. The first-order valence-electron chi connectivity index (χ1n) is 9.76. The van der Waals surface area contributed by atoms with Gasteiger partial charge in [0.2, 0.25) is 5.75 Å². The summed E-state index contributed by atoms with van der Waals surface area (Å²) in [6.07, 6.45) is 0.483. The van der Waals surface area contributed by atoms with Crippen molar-refractivity contribution in [2.24, 2.45) is 0 Å². The van der Waals surface area contributed by atoms with Gasteiger partial charge in [0, 0.05) is 40.5 Å². The van der Waals surface area contributed by atoms with E-state index in [-0.39, 0.29) is 5.75 Å². The van der Waals surface area contributed by atoms with Gasteiger partial charge in [-0.3, -0.25) is 4.90 Å². The Bertz CT molecular complexity index is 576. The molecule has 8 heteroatoms. The van der Waals surface area contributed by atoms with E-state index in [1.165, 1.54) is 14.2 Å². The molecule has 0 aliphatic rings. The van der Waals surface area contributed by atoms with Crippen molar-refractivity contribution in [1.82, 2.24) is 4.90 Å². The molecule has 0 saturated heterocycles. The third-order valence-corrected chi connectivity index (χ3v) is 4.43. The Hall–Kier alpha value is -1.87. The van der Waals surface area contributed by atoms with Crippen LogP contribution in [-0.4, -0.2) is 84.9 Å². The van der Waals surface area contributed by atoms with E-state index in [0.29, 0.717) is 57.4 Å². The number of carbonyl (C=O) groups excluding carboxylic acids is 1. The Morgan fingerprint density at radius 1 is 0.966 bits per heavy atom. The number of esters is 1. The lowest BCUT2D eigenvalue weighted by atomic mass is 10.1. The maximum absolute atomic E-state index is 13.2. The van der Waals surface area contributed by atoms with Crippen LogP contribution in [-0.2, 0) is 19.0 Å². The summed E-state index contributed by atoms with van der Waals surface area (Å²) in [7, 11) is 6.32. The van der Waals surface area contributed by atoms with Crippen molar-refractivity contribution in [3.05, 3.63) is 17.7 Å². The molecular weight excluding hydrogens is 378 g/mol. The minimum atomic E-state index is -0.525. The Morgan fingerprint density at radius 2 is 1.52 bits per heavy atom. The summed E-state index contributed by atoms with van der Waals surface area (Å²) in [4.78, 5) is 15.2. The quantitative estimate of drug-likeness (QED) is 0.246. The predicted molar refractivity (Wildman–Crippen MR) is 110 cm³/mol. The average molecular weight is 414 g/mol. The molecule has 0 radical (unpaired) electrons. The summed E-state index contributed by atoms with van der Waals surface area (Å²) in [5.41, 5.74) is 0.938. The molecule has 0 saturated carbocycles. The van der Waals surface area contributed by atoms with Gasteiger partial charge in [0.15, 0.2) is 11.5 Å². The molecule has 0 aromatic heterocycles. The van der Waals surface area contributed by atoms with Crippen LogP contribution >= 0.6 is 0 Å². The summed E-state index contributed by atoms with van der Waals surface area (Å²) < 4.78 is 32.5. The summed E-state index contributed by atoms with van der Waals surface area (Å²) in [5.74, 6) is 0.751. The van der Waals surface area contributed by atoms with Crippen LogP contribution in [0.2, 0.25) is 0 Å². The van der Waals surface area contributed by atoms with E-state index in [1.54, 1.807) is 26.4 Å². The molecule has 8 nitrogen and oxygen atoms in total. The van der Waals surface area contributed by atoms with Crippen molar-refractivity contribution in [2.75, 3.05) is 68.0 Å². The molecule has 1 atom stereocenters. The zero-order chi connectivity index (χ0) is 21.6. The van der Waals surface area contributed by atoms with Crippen LogP contribution < -0.4 is 14.2 Å². The molecular formula is C21H35NO7. The lowest BCUT2D eigenvalue weighted by Gasteiger charge is -2.30. The molecule has 0 heterocycles. The number of rotatable bonds is 15. The monoisotopic (exact) mass is 413 g/mol. The van der Waals surface area contributed by atoms with Crippen LogP contribution in [0.5, 0.6) is 17.2 Å². The highest BCUT2D eigenvalue weighted by molar-refractivity contribution is 5.80. The third-order valence-electron chi connectivity index (χ3n) is 4.43. The van der Waals surface area contributed by atoms with Crippen molar-refractivity contribution in [1.29, 1.82) is 0 Å². The fraction of sp³-hybridized carbons (Fsp3) is 0.667. The fourth-order valence-electron chi connectivity index (χ4n) is 2.91. The Labute approximate surface area is 174 Å². The molecule has 1 rings (SSSR count). The molecule has 0 spiro atoms. The molecule has 0 amide bonds. The Balaban J connectivity index is 3.12. The first kappa shape index (κ1) is 25.2. The molecule has 1 aromatic rings.